The maximum Gasteiger partial charge on any atom is 0.410 e. The van der Waals surface area contributed by atoms with E-state index in [0.717, 1.165) is 37.9 Å². The molecule has 2 amide bonds. The molecule has 3 saturated heterocycles. The van der Waals surface area contributed by atoms with Crippen molar-refractivity contribution in [1.29, 1.82) is 0 Å². The first-order chi connectivity index (χ1) is 22.3. The van der Waals surface area contributed by atoms with Crippen LogP contribution in [-0.4, -0.2) is 99.7 Å². The molecule has 6 rings (SSSR count). The average molecular weight is 652 g/mol. The second-order valence-electron chi connectivity index (χ2n) is 14.4. The molecule has 9 nitrogen and oxygen atoms in total. The van der Waals surface area contributed by atoms with Gasteiger partial charge in [-0.15, -0.1) is 0 Å². The van der Waals surface area contributed by atoms with Gasteiger partial charge in [-0.3, -0.25) is 9.69 Å². The fourth-order valence-electron chi connectivity index (χ4n) is 7.55. The van der Waals surface area contributed by atoms with Crippen molar-refractivity contribution in [2.45, 2.75) is 84.4 Å². The number of amides is 2. The maximum atomic E-state index is 15.4. The molecule has 0 bridgehead atoms. The summed E-state index contributed by atoms with van der Waals surface area (Å²) < 4.78 is 43.0. The van der Waals surface area contributed by atoms with Gasteiger partial charge in [-0.1, -0.05) is 13.0 Å². The van der Waals surface area contributed by atoms with Crippen molar-refractivity contribution < 1.29 is 27.8 Å². The van der Waals surface area contributed by atoms with Gasteiger partial charge in [-0.05, 0) is 89.1 Å². The van der Waals surface area contributed by atoms with Crippen molar-refractivity contribution in [3.63, 3.8) is 0 Å². The summed E-state index contributed by atoms with van der Waals surface area (Å²) >= 11 is 0. The highest BCUT2D eigenvalue weighted by molar-refractivity contribution is 6.03. The van der Waals surface area contributed by atoms with Gasteiger partial charge >= 0.3 is 6.09 Å². The zero-order chi connectivity index (χ0) is 33.6. The minimum absolute atomic E-state index is 0.162. The number of morpholine rings is 1. The van der Waals surface area contributed by atoms with Crippen molar-refractivity contribution in [1.82, 2.24) is 24.1 Å². The molecule has 2 aromatic heterocycles. The number of halogens is 2. The van der Waals surface area contributed by atoms with E-state index in [0.29, 0.717) is 61.8 Å². The smallest absolute Gasteiger partial charge is 0.410 e. The summed E-state index contributed by atoms with van der Waals surface area (Å²) in [5.41, 5.74) is 2.02. The number of ether oxygens (including phenoxy) is 2. The fraction of sp³-hybridized carbons (Fsp3) is 0.583. The molecule has 254 valence electrons. The van der Waals surface area contributed by atoms with E-state index in [9.17, 15) is 14.0 Å². The van der Waals surface area contributed by atoms with Crippen molar-refractivity contribution in [3.05, 3.63) is 59.2 Å². The topological polar surface area (TPSA) is 79.6 Å². The number of pyridine rings is 1. The number of hydrogen-bond donors (Lipinski definition) is 0. The maximum absolute atomic E-state index is 15.4. The van der Waals surface area contributed by atoms with Gasteiger partial charge in [0.25, 0.3) is 5.91 Å². The average Bonchev–Trinajstić information content (AvgIpc) is 3.30. The number of hydrogen-bond acceptors (Lipinski definition) is 6. The number of carbonyl (C=O) groups excluding carboxylic acids is 2. The van der Waals surface area contributed by atoms with Gasteiger partial charge in [0.05, 0.1) is 24.8 Å². The Morgan fingerprint density at radius 3 is 2.47 bits per heavy atom. The Labute approximate surface area is 275 Å². The number of imidazole rings is 1. The molecule has 47 heavy (non-hydrogen) atoms. The second-order valence-corrected chi connectivity index (χ2v) is 14.4. The highest BCUT2D eigenvalue weighted by atomic mass is 19.1. The summed E-state index contributed by atoms with van der Waals surface area (Å²) in [6.07, 6.45) is 4.61. The number of rotatable bonds is 6. The number of aromatic nitrogens is 2. The van der Waals surface area contributed by atoms with Crippen molar-refractivity contribution in [3.8, 4) is 11.1 Å². The molecule has 11 heteroatoms. The molecule has 0 aliphatic carbocycles. The van der Waals surface area contributed by atoms with E-state index in [1.165, 1.54) is 12.1 Å². The molecule has 3 aliphatic rings. The van der Waals surface area contributed by atoms with Crippen LogP contribution in [0.5, 0.6) is 0 Å². The van der Waals surface area contributed by atoms with Crippen LogP contribution in [0.15, 0.2) is 30.5 Å². The minimum Gasteiger partial charge on any atom is -0.444 e. The van der Waals surface area contributed by atoms with Gasteiger partial charge in [0.2, 0.25) is 5.95 Å². The molecule has 5 heterocycles. The third kappa shape index (κ3) is 6.74. The highest BCUT2D eigenvalue weighted by Crippen LogP contribution is 2.39. The summed E-state index contributed by atoms with van der Waals surface area (Å²) in [6, 6.07) is 6.37. The zero-order valence-electron chi connectivity index (χ0n) is 28.4. The van der Waals surface area contributed by atoms with Crippen LogP contribution >= 0.6 is 0 Å². The molecule has 3 aromatic rings. The Morgan fingerprint density at radius 2 is 1.81 bits per heavy atom. The van der Waals surface area contributed by atoms with E-state index in [2.05, 4.69) is 16.8 Å². The second kappa shape index (κ2) is 13.1. The lowest BCUT2D eigenvalue weighted by molar-refractivity contribution is 0.00328. The molecular formula is C36H47F2N5O4. The molecule has 3 aliphatic heterocycles. The number of piperidine rings is 1. The van der Waals surface area contributed by atoms with Crippen molar-refractivity contribution in [2.24, 2.45) is 5.92 Å². The number of likely N-dealkylation sites (tertiary alicyclic amines) is 2. The van der Waals surface area contributed by atoms with Crippen LogP contribution < -0.4 is 0 Å². The summed E-state index contributed by atoms with van der Waals surface area (Å²) in [7, 11) is 0. The number of nitrogens with zero attached hydrogens (tertiary/aromatic N) is 5. The largest absolute Gasteiger partial charge is 0.444 e. The Balaban J connectivity index is 1.24. The van der Waals surface area contributed by atoms with E-state index >= 15 is 4.39 Å². The van der Waals surface area contributed by atoms with Gasteiger partial charge in [-0.25, -0.2) is 14.2 Å². The Hall–Kier alpha value is -3.57. The molecular weight excluding hydrogens is 604 g/mol. The standard InChI is InChI=1S/C36H47F2N5O4/c1-7-31(24-10-12-40(13-11-24)35(45)47-36(4,5)6)41-18-26(19-41)25-16-29(32-33(38)39-23(3)43(32)20-25)28-9-8-27(37)17-30(28)34(44)42-14-15-46-21-22(42)2/h8-9,16-17,20,22,24,26,31H,7,10-15,18-19,21H2,1-6H3/t22-,31?/m1/s1. The molecule has 0 saturated carbocycles. The van der Waals surface area contributed by atoms with Crippen LogP contribution in [0.25, 0.3) is 16.6 Å². The van der Waals surface area contributed by atoms with Crippen LogP contribution in [0, 0.1) is 24.6 Å². The van der Waals surface area contributed by atoms with Crippen LogP contribution in [0.3, 0.4) is 0 Å². The third-order valence-electron chi connectivity index (χ3n) is 10.0. The van der Waals surface area contributed by atoms with E-state index in [1.54, 1.807) is 22.3 Å². The van der Waals surface area contributed by atoms with Gasteiger partial charge in [0.1, 0.15) is 22.8 Å². The number of fused-ring (bicyclic) bond motifs is 1. The van der Waals surface area contributed by atoms with E-state index in [-0.39, 0.29) is 35.0 Å². The quantitative estimate of drug-likeness (QED) is 0.313. The molecule has 1 aromatic carbocycles. The molecule has 3 fully saturated rings. The van der Waals surface area contributed by atoms with Crippen LogP contribution in [0.4, 0.5) is 13.6 Å². The normalized spacial score (nSPS) is 20.8. The lowest BCUT2D eigenvalue weighted by atomic mass is 9.82. The van der Waals surface area contributed by atoms with Crippen molar-refractivity contribution in [2.75, 3.05) is 45.9 Å². The number of carbonyl (C=O) groups is 2. The van der Waals surface area contributed by atoms with Crippen LogP contribution in [0.2, 0.25) is 0 Å². The van der Waals surface area contributed by atoms with Gasteiger partial charge in [-0.2, -0.15) is 4.39 Å². The van der Waals surface area contributed by atoms with Crippen LogP contribution in [-0.2, 0) is 9.47 Å². The lowest BCUT2D eigenvalue weighted by Crippen LogP contribution is -2.55. The van der Waals surface area contributed by atoms with Gasteiger partial charge < -0.3 is 23.7 Å². The third-order valence-corrected chi connectivity index (χ3v) is 10.0. The first-order valence-electron chi connectivity index (χ1n) is 16.9. The minimum atomic E-state index is -0.620. The highest BCUT2D eigenvalue weighted by Gasteiger charge is 2.39. The summed E-state index contributed by atoms with van der Waals surface area (Å²) in [5, 5.41) is 0. The SMILES string of the molecule is CCC(C1CCN(C(=O)OC(C)(C)C)CC1)N1CC(c2cc(-c3ccc(F)cc3C(=O)N3CCOC[C@H]3C)c3c(F)nc(C)n3c2)C1. The molecule has 0 radical (unpaired) electrons. The van der Waals surface area contributed by atoms with Crippen molar-refractivity contribution >= 4 is 17.5 Å². The Kier molecular flexibility index (Phi) is 9.32. The first-order valence-corrected chi connectivity index (χ1v) is 16.9. The summed E-state index contributed by atoms with van der Waals surface area (Å²) in [5.74, 6) is -0.237. The fourth-order valence-corrected chi connectivity index (χ4v) is 7.55. The molecule has 2 atom stereocenters. The molecule has 0 spiro atoms. The van der Waals surface area contributed by atoms with Gasteiger partial charge in [0, 0.05) is 56.4 Å². The number of benzene rings is 1. The monoisotopic (exact) mass is 651 g/mol. The Morgan fingerprint density at radius 1 is 1.09 bits per heavy atom. The Bertz CT molecular complexity index is 1640. The van der Waals surface area contributed by atoms with Gasteiger partial charge in [0.15, 0.2) is 0 Å². The lowest BCUT2D eigenvalue weighted by Gasteiger charge is -2.48. The zero-order valence-corrected chi connectivity index (χ0v) is 28.4. The summed E-state index contributed by atoms with van der Waals surface area (Å²) in [6.45, 7) is 15.9. The van der Waals surface area contributed by atoms with E-state index in [1.807, 2.05) is 44.9 Å². The molecule has 1 unspecified atom stereocenters. The summed E-state index contributed by atoms with van der Waals surface area (Å²) in [4.78, 5) is 36.6. The van der Waals surface area contributed by atoms with Crippen LogP contribution in [0.1, 0.15) is 81.5 Å². The molecule has 0 N–H and O–H groups in total. The van der Waals surface area contributed by atoms with E-state index in [4.69, 9.17) is 9.47 Å². The van der Waals surface area contributed by atoms with E-state index < -0.39 is 17.4 Å². The first kappa shape index (κ1) is 33.3. The number of aryl methyl sites for hydroxylation is 1. The predicted molar refractivity (Wildman–Crippen MR) is 176 cm³/mol. The predicted octanol–water partition coefficient (Wildman–Crippen LogP) is 6.27.